The Bertz CT molecular complexity index is 272. The summed E-state index contributed by atoms with van der Waals surface area (Å²) in [6.45, 7) is 21.3. The van der Waals surface area contributed by atoms with E-state index in [0.717, 1.165) is 12.6 Å². The molecule has 0 saturated carbocycles. The molecule has 126 valence electrons. The van der Waals surface area contributed by atoms with Crippen LogP contribution in [0.3, 0.4) is 0 Å². The minimum Gasteiger partial charge on any atom is -0.314 e. The first-order valence-corrected chi connectivity index (χ1v) is 9.10. The van der Waals surface area contributed by atoms with E-state index in [1.807, 2.05) is 0 Å². The van der Waals surface area contributed by atoms with Crippen LogP contribution in [0.4, 0.5) is 0 Å². The highest BCUT2D eigenvalue weighted by Gasteiger charge is 2.29. The maximum absolute atomic E-state index is 3.66. The van der Waals surface area contributed by atoms with Crippen LogP contribution >= 0.6 is 0 Å². The van der Waals surface area contributed by atoms with Gasteiger partial charge in [-0.2, -0.15) is 0 Å². The normalized spacial score (nSPS) is 22.4. The minimum absolute atomic E-state index is 0.414. The molecule has 3 heteroatoms. The van der Waals surface area contributed by atoms with E-state index in [-0.39, 0.29) is 0 Å². The largest absolute Gasteiger partial charge is 0.314 e. The highest BCUT2D eigenvalue weighted by atomic mass is 15.3. The summed E-state index contributed by atoms with van der Waals surface area (Å²) in [5, 5.41) is 3.66. The Morgan fingerprint density at radius 3 is 2.14 bits per heavy atom. The van der Waals surface area contributed by atoms with Crippen molar-refractivity contribution in [2.75, 3.05) is 39.3 Å². The predicted octanol–water partition coefficient (Wildman–Crippen LogP) is 3.21. The zero-order chi connectivity index (χ0) is 15.9. The third kappa shape index (κ3) is 6.66. The van der Waals surface area contributed by atoms with Gasteiger partial charge in [0.1, 0.15) is 0 Å². The molecule has 0 aromatic rings. The second kappa shape index (κ2) is 9.12. The quantitative estimate of drug-likeness (QED) is 0.705. The summed E-state index contributed by atoms with van der Waals surface area (Å²) in [6.07, 6.45) is 3.87. The standard InChI is InChI=1S/C18H39N3/c1-7-9-18(6,14-19-16(3)4)15-20-10-12-21(13-11-20)17(5)8-2/h16-17,19H,7-15H2,1-6H3. The summed E-state index contributed by atoms with van der Waals surface area (Å²) in [6, 6.07) is 1.33. The summed E-state index contributed by atoms with van der Waals surface area (Å²) in [5.74, 6) is 0. The van der Waals surface area contributed by atoms with Gasteiger partial charge in [0, 0.05) is 51.4 Å². The van der Waals surface area contributed by atoms with Crippen molar-refractivity contribution in [3.05, 3.63) is 0 Å². The van der Waals surface area contributed by atoms with E-state index in [2.05, 4.69) is 56.7 Å². The second-order valence-corrected chi connectivity index (χ2v) is 7.67. The topological polar surface area (TPSA) is 18.5 Å². The van der Waals surface area contributed by atoms with E-state index in [0.29, 0.717) is 11.5 Å². The van der Waals surface area contributed by atoms with Gasteiger partial charge in [0.05, 0.1) is 0 Å². The van der Waals surface area contributed by atoms with Gasteiger partial charge in [0.25, 0.3) is 0 Å². The summed E-state index contributed by atoms with van der Waals surface area (Å²) in [4.78, 5) is 5.34. The lowest BCUT2D eigenvalue weighted by Gasteiger charge is -2.42. The zero-order valence-corrected chi connectivity index (χ0v) is 15.4. The van der Waals surface area contributed by atoms with Gasteiger partial charge in [-0.1, -0.05) is 41.0 Å². The van der Waals surface area contributed by atoms with Gasteiger partial charge in [-0.25, -0.2) is 0 Å². The SMILES string of the molecule is CCCC(C)(CNC(C)C)CN1CCN(C(C)CC)CC1. The van der Waals surface area contributed by atoms with Crippen LogP contribution in [0.1, 0.15) is 60.8 Å². The Labute approximate surface area is 133 Å². The van der Waals surface area contributed by atoms with Crippen LogP contribution in [-0.4, -0.2) is 61.2 Å². The average Bonchev–Trinajstić information content (AvgIpc) is 2.45. The first-order chi connectivity index (χ1) is 9.90. The second-order valence-electron chi connectivity index (χ2n) is 7.67. The van der Waals surface area contributed by atoms with Crippen molar-refractivity contribution in [3.63, 3.8) is 0 Å². The molecule has 0 aromatic carbocycles. The van der Waals surface area contributed by atoms with Gasteiger partial charge in [-0.15, -0.1) is 0 Å². The Morgan fingerprint density at radius 1 is 1.05 bits per heavy atom. The van der Waals surface area contributed by atoms with Crippen molar-refractivity contribution in [3.8, 4) is 0 Å². The minimum atomic E-state index is 0.414. The average molecular weight is 298 g/mol. The highest BCUT2D eigenvalue weighted by Crippen LogP contribution is 2.25. The van der Waals surface area contributed by atoms with Crippen molar-refractivity contribution in [2.45, 2.75) is 72.9 Å². The van der Waals surface area contributed by atoms with Gasteiger partial charge < -0.3 is 10.2 Å². The summed E-state index contributed by atoms with van der Waals surface area (Å²) in [5.41, 5.74) is 0.414. The molecule has 2 unspecified atom stereocenters. The van der Waals surface area contributed by atoms with E-state index in [9.17, 15) is 0 Å². The molecule has 0 aromatic heterocycles. The lowest BCUT2D eigenvalue weighted by molar-refractivity contribution is 0.0664. The zero-order valence-electron chi connectivity index (χ0n) is 15.4. The molecule has 0 bridgehead atoms. The van der Waals surface area contributed by atoms with Gasteiger partial charge in [-0.3, -0.25) is 4.90 Å². The van der Waals surface area contributed by atoms with Gasteiger partial charge >= 0.3 is 0 Å². The molecule has 2 atom stereocenters. The first kappa shape index (κ1) is 18.9. The molecule has 0 aliphatic carbocycles. The Balaban J connectivity index is 2.45. The molecular weight excluding hydrogens is 258 g/mol. The number of nitrogens with one attached hydrogen (secondary N) is 1. The number of hydrogen-bond acceptors (Lipinski definition) is 3. The van der Waals surface area contributed by atoms with Crippen molar-refractivity contribution in [1.29, 1.82) is 0 Å². The molecule has 1 fully saturated rings. The Kier molecular flexibility index (Phi) is 8.22. The smallest absolute Gasteiger partial charge is 0.0113 e. The van der Waals surface area contributed by atoms with Crippen LogP contribution in [0, 0.1) is 5.41 Å². The van der Waals surface area contributed by atoms with Crippen LogP contribution in [0.5, 0.6) is 0 Å². The molecular formula is C18H39N3. The van der Waals surface area contributed by atoms with Crippen LogP contribution in [0.15, 0.2) is 0 Å². The van der Waals surface area contributed by atoms with E-state index >= 15 is 0 Å². The monoisotopic (exact) mass is 297 g/mol. The maximum Gasteiger partial charge on any atom is 0.0113 e. The lowest BCUT2D eigenvalue weighted by atomic mass is 9.84. The molecule has 0 radical (unpaired) electrons. The summed E-state index contributed by atoms with van der Waals surface area (Å²) in [7, 11) is 0. The van der Waals surface area contributed by atoms with Gasteiger partial charge in [-0.05, 0) is 25.2 Å². The molecule has 1 N–H and O–H groups in total. The molecule has 0 spiro atoms. The van der Waals surface area contributed by atoms with E-state index in [4.69, 9.17) is 0 Å². The van der Waals surface area contributed by atoms with E-state index in [1.54, 1.807) is 0 Å². The van der Waals surface area contributed by atoms with Crippen LogP contribution < -0.4 is 5.32 Å². The van der Waals surface area contributed by atoms with Gasteiger partial charge in [0.2, 0.25) is 0 Å². The fourth-order valence-corrected chi connectivity index (χ4v) is 3.44. The predicted molar refractivity (Wildman–Crippen MR) is 93.9 cm³/mol. The van der Waals surface area contributed by atoms with Crippen LogP contribution in [0.25, 0.3) is 0 Å². The molecule has 1 rings (SSSR count). The molecule has 0 amide bonds. The Hall–Kier alpha value is -0.120. The molecule has 1 saturated heterocycles. The third-order valence-corrected chi connectivity index (χ3v) is 5.02. The fourth-order valence-electron chi connectivity index (χ4n) is 3.44. The molecule has 21 heavy (non-hydrogen) atoms. The molecule has 1 aliphatic rings. The number of hydrogen-bond donors (Lipinski definition) is 1. The Morgan fingerprint density at radius 2 is 1.67 bits per heavy atom. The van der Waals surface area contributed by atoms with Crippen molar-refractivity contribution >= 4 is 0 Å². The summed E-state index contributed by atoms with van der Waals surface area (Å²) < 4.78 is 0. The van der Waals surface area contributed by atoms with Crippen LogP contribution in [-0.2, 0) is 0 Å². The number of nitrogens with zero attached hydrogens (tertiary/aromatic N) is 2. The summed E-state index contributed by atoms with van der Waals surface area (Å²) >= 11 is 0. The first-order valence-electron chi connectivity index (χ1n) is 9.10. The molecule has 1 aliphatic heterocycles. The third-order valence-electron chi connectivity index (χ3n) is 5.02. The van der Waals surface area contributed by atoms with Crippen molar-refractivity contribution < 1.29 is 0 Å². The number of piperazine rings is 1. The molecule has 1 heterocycles. The van der Waals surface area contributed by atoms with Crippen LogP contribution in [0.2, 0.25) is 0 Å². The van der Waals surface area contributed by atoms with E-state index in [1.165, 1.54) is 52.0 Å². The highest BCUT2D eigenvalue weighted by molar-refractivity contribution is 4.84. The maximum atomic E-state index is 3.66. The van der Waals surface area contributed by atoms with Crippen molar-refractivity contribution in [2.24, 2.45) is 5.41 Å². The number of rotatable bonds is 9. The fraction of sp³-hybridized carbons (Fsp3) is 1.00. The van der Waals surface area contributed by atoms with Gasteiger partial charge in [0.15, 0.2) is 0 Å². The molecule has 3 nitrogen and oxygen atoms in total. The van der Waals surface area contributed by atoms with Crippen molar-refractivity contribution in [1.82, 2.24) is 15.1 Å². The van der Waals surface area contributed by atoms with E-state index < -0.39 is 0 Å². The lowest BCUT2D eigenvalue weighted by Crippen LogP contribution is -2.53.